The van der Waals surface area contributed by atoms with Crippen molar-refractivity contribution in [2.24, 2.45) is 0 Å². The molecule has 0 fully saturated rings. The van der Waals surface area contributed by atoms with Crippen LogP contribution >= 0.6 is 11.3 Å². The summed E-state index contributed by atoms with van der Waals surface area (Å²) in [6, 6.07) is 5.82. The van der Waals surface area contributed by atoms with Gasteiger partial charge in [0.15, 0.2) is 0 Å². The van der Waals surface area contributed by atoms with Gasteiger partial charge in [-0.25, -0.2) is 17.5 Å². The molecule has 22 heavy (non-hydrogen) atoms. The van der Waals surface area contributed by atoms with Gasteiger partial charge in [-0.1, -0.05) is 6.07 Å². The van der Waals surface area contributed by atoms with Crippen LogP contribution < -0.4 is 4.72 Å². The number of rotatable bonds is 6. The molecule has 0 aliphatic rings. The molecular weight excluding hydrogens is 323 g/mol. The molecule has 0 aliphatic heterocycles. The second kappa shape index (κ2) is 6.87. The molecule has 1 unspecified atom stereocenters. The molecule has 120 valence electrons. The Hall–Kier alpha value is -1.28. The summed E-state index contributed by atoms with van der Waals surface area (Å²) in [5, 5.41) is 3.94. The van der Waals surface area contributed by atoms with Gasteiger partial charge in [-0.05, 0) is 61.1 Å². The van der Waals surface area contributed by atoms with Gasteiger partial charge >= 0.3 is 0 Å². The van der Waals surface area contributed by atoms with Gasteiger partial charge in [0.1, 0.15) is 5.82 Å². The number of aryl methyl sites for hydroxylation is 1. The standard InChI is InChI=1S/C15H19FN2O2S2/c1-11-4-5-13(8-14(11)16)22(19,20)17-9-15(18(2)3)12-6-7-21-10-12/h4-8,10,15,17H,9H2,1-3H3. The normalized spacial score (nSPS) is 13.5. The highest BCUT2D eigenvalue weighted by molar-refractivity contribution is 7.89. The Labute approximate surface area is 134 Å². The zero-order valence-electron chi connectivity index (χ0n) is 12.7. The molecule has 2 rings (SSSR count). The summed E-state index contributed by atoms with van der Waals surface area (Å²) < 4.78 is 40.7. The van der Waals surface area contributed by atoms with Crippen molar-refractivity contribution in [1.29, 1.82) is 0 Å². The van der Waals surface area contributed by atoms with Crippen LogP contribution in [0, 0.1) is 12.7 Å². The van der Waals surface area contributed by atoms with Crippen molar-refractivity contribution in [1.82, 2.24) is 9.62 Å². The SMILES string of the molecule is Cc1ccc(S(=O)(=O)NCC(c2ccsc2)N(C)C)cc1F. The van der Waals surface area contributed by atoms with E-state index < -0.39 is 15.8 Å². The molecule has 7 heteroatoms. The average Bonchev–Trinajstić information content (AvgIpc) is 2.95. The Bertz CT molecular complexity index is 728. The van der Waals surface area contributed by atoms with Crippen LogP contribution in [0.3, 0.4) is 0 Å². The van der Waals surface area contributed by atoms with Crippen molar-refractivity contribution < 1.29 is 12.8 Å². The Balaban J connectivity index is 2.16. The third-order valence-electron chi connectivity index (χ3n) is 3.47. The second-order valence-corrected chi connectivity index (χ2v) is 7.85. The summed E-state index contributed by atoms with van der Waals surface area (Å²) in [5.41, 5.74) is 1.47. The monoisotopic (exact) mass is 342 g/mol. The molecule has 0 amide bonds. The van der Waals surface area contributed by atoms with E-state index in [0.29, 0.717) is 5.56 Å². The van der Waals surface area contributed by atoms with Gasteiger partial charge in [0.2, 0.25) is 10.0 Å². The van der Waals surface area contributed by atoms with Crippen LogP contribution in [0.4, 0.5) is 4.39 Å². The molecule has 0 radical (unpaired) electrons. The summed E-state index contributed by atoms with van der Waals surface area (Å²) >= 11 is 1.57. The lowest BCUT2D eigenvalue weighted by molar-refractivity contribution is 0.300. The Morgan fingerprint density at radius 3 is 2.59 bits per heavy atom. The number of sulfonamides is 1. The minimum atomic E-state index is -3.73. The maximum absolute atomic E-state index is 13.6. The van der Waals surface area contributed by atoms with Gasteiger partial charge in [0.25, 0.3) is 0 Å². The first-order chi connectivity index (χ1) is 10.3. The molecule has 1 heterocycles. The molecule has 4 nitrogen and oxygen atoms in total. The number of likely N-dealkylation sites (N-methyl/N-ethyl adjacent to an activating group) is 1. The van der Waals surface area contributed by atoms with E-state index in [1.807, 2.05) is 35.8 Å². The van der Waals surface area contributed by atoms with E-state index in [4.69, 9.17) is 0 Å². The topological polar surface area (TPSA) is 49.4 Å². The van der Waals surface area contributed by atoms with E-state index in [0.717, 1.165) is 11.6 Å². The molecule has 0 saturated heterocycles. The highest BCUT2D eigenvalue weighted by Crippen LogP contribution is 2.21. The highest BCUT2D eigenvalue weighted by atomic mass is 32.2. The maximum atomic E-state index is 13.6. The summed E-state index contributed by atoms with van der Waals surface area (Å²) in [5.74, 6) is -0.523. The minimum Gasteiger partial charge on any atom is -0.301 e. The molecule has 1 N–H and O–H groups in total. The fourth-order valence-corrected chi connectivity index (χ4v) is 3.83. The van der Waals surface area contributed by atoms with Crippen molar-refractivity contribution in [3.05, 3.63) is 52.0 Å². The van der Waals surface area contributed by atoms with Crippen LogP contribution in [0.2, 0.25) is 0 Å². The highest BCUT2D eigenvalue weighted by Gasteiger charge is 2.20. The van der Waals surface area contributed by atoms with Gasteiger partial charge < -0.3 is 4.90 Å². The van der Waals surface area contributed by atoms with Crippen molar-refractivity contribution in [3.63, 3.8) is 0 Å². The fourth-order valence-electron chi connectivity index (χ4n) is 2.08. The van der Waals surface area contributed by atoms with Crippen molar-refractivity contribution in [2.45, 2.75) is 17.9 Å². The number of benzene rings is 1. The van der Waals surface area contributed by atoms with E-state index >= 15 is 0 Å². The molecule has 2 aromatic rings. The number of hydrogen-bond acceptors (Lipinski definition) is 4. The Morgan fingerprint density at radius 1 is 1.32 bits per heavy atom. The van der Waals surface area contributed by atoms with Crippen molar-refractivity contribution in [3.8, 4) is 0 Å². The predicted molar refractivity (Wildman–Crippen MR) is 87.1 cm³/mol. The maximum Gasteiger partial charge on any atom is 0.240 e. The Kier molecular flexibility index (Phi) is 5.33. The molecular formula is C15H19FN2O2S2. The lowest BCUT2D eigenvalue weighted by atomic mass is 10.1. The molecule has 1 aromatic carbocycles. The number of nitrogens with zero attached hydrogens (tertiary/aromatic N) is 1. The third kappa shape index (κ3) is 3.92. The number of nitrogens with one attached hydrogen (secondary N) is 1. The van der Waals surface area contributed by atoms with Crippen LogP contribution in [0.25, 0.3) is 0 Å². The molecule has 0 bridgehead atoms. The third-order valence-corrected chi connectivity index (χ3v) is 5.59. The average molecular weight is 342 g/mol. The first-order valence-electron chi connectivity index (χ1n) is 6.75. The molecule has 0 aliphatic carbocycles. The molecule has 1 aromatic heterocycles. The summed E-state index contributed by atoms with van der Waals surface area (Å²) in [4.78, 5) is 1.89. The van der Waals surface area contributed by atoms with Crippen LogP contribution in [0.15, 0.2) is 39.9 Å². The Morgan fingerprint density at radius 2 is 2.05 bits per heavy atom. The van der Waals surface area contributed by atoms with Gasteiger partial charge in [-0.15, -0.1) is 0 Å². The zero-order chi connectivity index (χ0) is 16.3. The molecule has 0 saturated carbocycles. The summed E-state index contributed by atoms with van der Waals surface area (Å²) in [7, 11) is 0.0496. The lowest BCUT2D eigenvalue weighted by Gasteiger charge is -2.24. The number of thiophene rings is 1. The van der Waals surface area contributed by atoms with Crippen LogP contribution in [-0.2, 0) is 10.0 Å². The number of hydrogen-bond donors (Lipinski definition) is 1. The van der Waals surface area contributed by atoms with Crippen LogP contribution in [0.5, 0.6) is 0 Å². The smallest absolute Gasteiger partial charge is 0.240 e. The summed E-state index contributed by atoms with van der Waals surface area (Å²) in [6.07, 6.45) is 0. The van der Waals surface area contributed by atoms with Gasteiger partial charge in [0, 0.05) is 12.6 Å². The van der Waals surface area contributed by atoms with E-state index in [1.165, 1.54) is 12.1 Å². The van der Waals surface area contributed by atoms with Gasteiger partial charge in [-0.2, -0.15) is 11.3 Å². The van der Waals surface area contributed by atoms with E-state index in [9.17, 15) is 12.8 Å². The van der Waals surface area contributed by atoms with Crippen molar-refractivity contribution in [2.75, 3.05) is 20.6 Å². The zero-order valence-corrected chi connectivity index (χ0v) is 14.3. The summed E-state index contributed by atoms with van der Waals surface area (Å²) in [6.45, 7) is 1.82. The van der Waals surface area contributed by atoms with Crippen molar-refractivity contribution >= 4 is 21.4 Å². The second-order valence-electron chi connectivity index (χ2n) is 5.30. The first kappa shape index (κ1) is 17.1. The van der Waals surface area contributed by atoms with E-state index in [2.05, 4.69) is 4.72 Å². The van der Waals surface area contributed by atoms with Crippen LogP contribution in [-0.4, -0.2) is 34.0 Å². The number of halogens is 1. The van der Waals surface area contributed by atoms with Gasteiger partial charge in [-0.3, -0.25) is 0 Å². The molecule has 0 spiro atoms. The quantitative estimate of drug-likeness (QED) is 0.878. The lowest BCUT2D eigenvalue weighted by Crippen LogP contribution is -2.34. The van der Waals surface area contributed by atoms with Crippen LogP contribution in [0.1, 0.15) is 17.2 Å². The van der Waals surface area contributed by atoms with Gasteiger partial charge in [0.05, 0.1) is 4.90 Å². The molecule has 1 atom stereocenters. The predicted octanol–water partition coefficient (Wildman–Crippen LogP) is 2.78. The fraction of sp³-hybridized carbons (Fsp3) is 0.333. The minimum absolute atomic E-state index is 0.0570. The van der Waals surface area contributed by atoms with E-state index in [1.54, 1.807) is 18.3 Å². The largest absolute Gasteiger partial charge is 0.301 e. The van der Waals surface area contributed by atoms with E-state index in [-0.39, 0.29) is 17.5 Å². The first-order valence-corrected chi connectivity index (χ1v) is 9.18.